The normalized spacial score (nSPS) is 15.1. The Kier molecular flexibility index (Phi) is 1.91. The van der Waals surface area contributed by atoms with Crippen molar-refractivity contribution in [1.29, 1.82) is 0 Å². The number of hydrogen-bond donors (Lipinski definition) is 0. The van der Waals surface area contributed by atoms with Crippen LogP contribution in [0.4, 0.5) is 0 Å². The van der Waals surface area contributed by atoms with E-state index >= 15 is 0 Å². The highest BCUT2D eigenvalue weighted by Crippen LogP contribution is 2.27. The molecule has 2 rings (SSSR count). The number of benzene rings is 1. The van der Waals surface area contributed by atoms with E-state index < -0.39 is 0 Å². The first-order chi connectivity index (χ1) is 5.27. The molecule has 1 aromatic carbocycles. The smallest absolute Gasteiger partial charge is 0.0167 e. The molecule has 0 amide bonds. The van der Waals surface area contributed by atoms with Gasteiger partial charge in [-0.05, 0) is 71.5 Å². The molecule has 0 bridgehead atoms. The molecule has 1 heteroatoms. The first-order valence-electron chi connectivity index (χ1n) is 4.05. The van der Waals surface area contributed by atoms with Crippen molar-refractivity contribution in [3.63, 3.8) is 0 Å². The minimum atomic E-state index is 1.30. The lowest BCUT2D eigenvalue weighted by Gasteiger charge is -2.03. The minimum absolute atomic E-state index is 1.30. The molecule has 0 N–H and O–H groups in total. The van der Waals surface area contributed by atoms with Crippen molar-refractivity contribution in [2.24, 2.45) is 0 Å². The molecule has 11 heavy (non-hydrogen) atoms. The second-order valence-corrected chi connectivity index (χ2v) is 4.40. The first kappa shape index (κ1) is 7.59. The van der Waals surface area contributed by atoms with E-state index in [2.05, 4.69) is 41.6 Å². The van der Waals surface area contributed by atoms with Crippen molar-refractivity contribution in [2.75, 3.05) is 0 Å². The van der Waals surface area contributed by atoms with Gasteiger partial charge in [0.05, 0.1) is 0 Å². The summed E-state index contributed by atoms with van der Waals surface area (Å²) in [6.45, 7) is 2.18. The van der Waals surface area contributed by atoms with Crippen LogP contribution in [0.3, 0.4) is 0 Å². The Labute approximate surface area is 81.1 Å². The molecule has 0 saturated carbocycles. The fourth-order valence-electron chi connectivity index (χ4n) is 1.80. The van der Waals surface area contributed by atoms with Gasteiger partial charge in [-0.25, -0.2) is 0 Å². The Hall–Kier alpha value is -0.0500. The average molecular weight is 258 g/mol. The van der Waals surface area contributed by atoms with E-state index in [0.29, 0.717) is 0 Å². The Morgan fingerprint density at radius 2 is 2.09 bits per heavy atom. The summed E-state index contributed by atoms with van der Waals surface area (Å²) in [4.78, 5) is 0. The van der Waals surface area contributed by atoms with Crippen LogP contribution in [-0.4, -0.2) is 0 Å². The van der Waals surface area contributed by atoms with Crippen LogP contribution in [0.2, 0.25) is 0 Å². The monoisotopic (exact) mass is 258 g/mol. The molecule has 1 aromatic rings. The van der Waals surface area contributed by atoms with Crippen LogP contribution in [0.15, 0.2) is 12.1 Å². The van der Waals surface area contributed by atoms with Crippen LogP contribution in [0.5, 0.6) is 0 Å². The number of halogens is 1. The molecule has 0 unspecified atom stereocenters. The van der Waals surface area contributed by atoms with Gasteiger partial charge in [-0.2, -0.15) is 0 Å². The zero-order valence-corrected chi connectivity index (χ0v) is 8.81. The van der Waals surface area contributed by atoms with Gasteiger partial charge in [0.25, 0.3) is 0 Å². The van der Waals surface area contributed by atoms with E-state index in [-0.39, 0.29) is 0 Å². The maximum absolute atomic E-state index is 2.45. The van der Waals surface area contributed by atoms with Gasteiger partial charge in [0.1, 0.15) is 0 Å². The number of hydrogen-bond acceptors (Lipinski definition) is 0. The molecule has 0 nitrogen and oxygen atoms in total. The third-order valence-corrected chi connectivity index (χ3v) is 3.27. The van der Waals surface area contributed by atoms with E-state index in [1.54, 1.807) is 11.1 Å². The summed E-state index contributed by atoms with van der Waals surface area (Å²) in [5, 5.41) is 0. The number of aryl methyl sites for hydroxylation is 2. The van der Waals surface area contributed by atoms with Crippen LogP contribution in [0.1, 0.15) is 23.1 Å². The van der Waals surface area contributed by atoms with E-state index in [1.165, 1.54) is 28.4 Å². The quantitative estimate of drug-likeness (QED) is 0.627. The Bertz CT molecular complexity index is 289. The molecule has 0 radical (unpaired) electrons. The predicted molar refractivity (Wildman–Crippen MR) is 55.9 cm³/mol. The van der Waals surface area contributed by atoms with Crippen LogP contribution >= 0.6 is 22.6 Å². The lowest BCUT2D eigenvalue weighted by atomic mass is 10.1. The molecule has 0 aromatic heterocycles. The van der Waals surface area contributed by atoms with Crippen LogP contribution in [0, 0.1) is 10.5 Å². The molecule has 0 fully saturated rings. The fraction of sp³-hybridized carbons (Fsp3) is 0.400. The van der Waals surface area contributed by atoms with Gasteiger partial charge in [0, 0.05) is 3.57 Å². The van der Waals surface area contributed by atoms with Crippen molar-refractivity contribution < 1.29 is 0 Å². The van der Waals surface area contributed by atoms with Crippen LogP contribution < -0.4 is 0 Å². The van der Waals surface area contributed by atoms with Gasteiger partial charge in [0.2, 0.25) is 0 Å². The minimum Gasteiger partial charge on any atom is -0.0558 e. The lowest BCUT2D eigenvalue weighted by molar-refractivity contribution is 0.910. The second kappa shape index (κ2) is 2.77. The third kappa shape index (κ3) is 1.31. The number of rotatable bonds is 0. The van der Waals surface area contributed by atoms with Crippen molar-refractivity contribution in [2.45, 2.75) is 26.2 Å². The van der Waals surface area contributed by atoms with Crippen molar-refractivity contribution in [1.82, 2.24) is 0 Å². The van der Waals surface area contributed by atoms with Crippen LogP contribution in [-0.2, 0) is 12.8 Å². The van der Waals surface area contributed by atoms with Gasteiger partial charge >= 0.3 is 0 Å². The largest absolute Gasteiger partial charge is 0.0558 e. The Morgan fingerprint density at radius 3 is 2.91 bits per heavy atom. The lowest BCUT2D eigenvalue weighted by Crippen LogP contribution is -1.88. The summed E-state index contributed by atoms with van der Waals surface area (Å²) in [5.74, 6) is 0. The summed E-state index contributed by atoms with van der Waals surface area (Å²) >= 11 is 2.45. The molecule has 0 saturated heterocycles. The van der Waals surface area contributed by atoms with Gasteiger partial charge in [-0.1, -0.05) is 6.07 Å². The maximum atomic E-state index is 2.45. The molecule has 58 valence electrons. The zero-order valence-electron chi connectivity index (χ0n) is 6.65. The second-order valence-electron chi connectivity index (χ2n) is 3.24. The summed E-state index contributed by atoms with van der Waals surface area (Å²) < 4.78 is 1.47. The van der Waals surface area contributed by atoms with Crippen LogP contribution in [0.25, 0.3) is 0 Å². The van der Waals surface area contributed by atoms with E-state index in [4.69, 9.17) is 0 Å². The molecule has 0 atom stereocenters. The third-order valence-electron chi connectivity index (χ3n) is 2.31. The highest BCUT2D eigenvalue weighted by Gasteiger charge is 2.13. The standard InChI is InChI=1S/C10H11I/c1-7-5-8-3-2-4-9(8)10(11)6-7/h5-6H,2-4H2,1H3. The molecular weight excluding hydrogens is 247 g/mol. The molecule has 1 aliphatic carbocycles. The predicted octanol–water partition coefficient (Wildman–Crippen LogP) is 3.09. The van der Waals surface area contributed by atoms with Gasteiger partial charge in [-0.15, -0.1) is 0 Å². The van der Waals surface area contributed by atoms with Crippen molar-refractivity contribution in [3.8, 4) is 0 Å². The summed E-state index contributed by atoms with van der Waals surface area (Å²) in [7, 11) is 0. The average Bonchev–Trinajstić information content (AvgIpc) is 2.34. The van der Waals surface area contributed by atoms with Gasteiger partial charge in [0.15, 0.2) is 0 Å². The summed E-state index contributed by atoms with van der Waals surface area (Å²) in [5.41, 5.74) is 4.61. The molecule has 1 aliphatic rings. The summed E-state index contributed by atoms with van der Waals surface area (Å²) in [6, 6.07) is 4.62. The zero-order chi connectivity index (χ0) is 7.84. The SMILES string of the molecule is Cc1cc(I)c2c(c1)CCC2. The van der Waals surface area contributed by atoms with Crippen molar-refractivity contribution >= 4 is 22.6 Å². The summed E-state index contributed by atoms with van der Waals surface area (Å²) in [6.07, 6.45) is 3.95. The topological polar surface area (TPSA) is 0 Å². The Balaban J connectivity index is 2.60. The molecule has 0 spiro atoms. The molecule has 0 heterocycles. The van der Waals surface area contributed by atoms with Gasteiger partial charge in [-0.3, -0.25) is 0 Å². The fourth-order valence-corrected chi connectivity index (χ4v) is 2.91. The number of fused-ring (bicyclic) bond motifs is 1. The van der Waals surface area contributed by atoms with Crippen molar-refractivity contribution in [3.05, 3.63) is 32.4 Å². The highest BCUT2D eigenvalue weighted by molar-refractivity contribution is 14.1. The van der Waals surface area contributed by atoms with E-state index in [1.807, 2.05) is 0 Å². The maximum Gasteiger partial charge on any atom is 0.0167 e. The first-order valence-corrected chi connectivity index (χ1v) is 5.13. The highest BCUT2D eigenvalue weighted by atomic mass is 127. The Morgan fingerprint density at radius 1 is 1.27 bits per heavy atom. The molecular formula is C10H11I. The van der Waals surface area contributed by atoms with E-state index in [9.17, 15) is 0 Å². The molecule has 0 aliphatic heterocycles. The van der Waals surface area contributed by atoms with E-state index in [0.717, 1.165) is 0 Å². The van der Waals surface area contributed by atoms with Gasteiger partial charge < -0.3 is 0 Å².